The normalized spacial score (nSPS) is 14.1. The molecule has 164 valence electrons. The van der Waals surface area contributed by atoms with E-state index in [-0.39, 0.29) is 32.1 Å². The zero-order chi connectivity index (χ0) is 21.3. The van der Waals surface area contributed by atoms with Crippen molar-refractivity contribution in [3.05, 3.63) is 29.1 Å². The Kier molecular flexibility index (Phi) is 8.31. The van der Waals surface area contributed by atoms with Crippen LogP contribution in [0.2, 0.25) is 0 Å². The van der Waals surface area contributed by atoms with Crippen molar-refractivity contribution in [2.24, 2.45) is 0 Å². The van der Waals surface area contributed by atoms with Gasteiger partial charge in [-0.15, -0.1) is 11.3 Å². The minimum absolute atomic E-state index is 0.00671. The van der Waals surface area contributed by atoms with Crippen LogP contribution in [0, 0.1) is 11.6 Å². The zero-order valence-corrected chi connectivity index (χ0v) is 17.1. The summed E-state index contributed by atoms with van der Waals surface area (Å²) >= 11 is 1.43. The van der Waals surface area contributed by atoms with E-state index in [0.717, 1.165) is 24.3 Å². The van der Waals surface area contributed by atoms with Crippen LogP contribution in [0.5, 0.6) is 5.75 Å². The summed E-state index contributed by atoms with van der Waals surface area (Å²) in [6, 6.07) is 2.50. The third-order valence-corrected chi connectivity index (χ3v) is 5.17. The third kappa shape index (κ3) is 6.08. The van der Waals surface area contributed by atoms with Gasteiger partial charge in [-0.2, -0.15) is 4.39 Å². The van der Waals surface area contributed by atoms with Crippen LogP contribution in [-0.4, -0.2) is 75.3 Å². The highest BCUT2D eigenvalue weighted by molar-refractivity contribution is 7.14. The number of thiazole rings is 1. The van der Waals surface area contributed by atoms with Gasteiger partial charge >= 0.3 is 5.97 Å². The second-order valence-electron chi connectivity index (χ2n) is 6.38. The Bertz CT molecular complexity index is 846. The van der Waals surface area contributed by atoms with Gasteiger partial charge < -0.3 is 29.5 Å². The van der Waals surface area contributed by atoms with Crippen molar-refractivity contribution in [3.63, 3.8) is 0 Å². The van der Waals surface area contributed by atoms with Gasteiger partial charge in [0.25, 0.3) is 0 Å². The number of hydrogen-bond donors (Lipinski definition) is 2. The Hall–Kier alpha value is -2.34. The van der Waals surface area contributed by atoms with Crippen LogP contribution in [0.1, 0.15) is 0 Å². The molecule has 1 aromatic carbocycles. The first-order valence-electron chi connectivity index (χ1n) is 9.46. The molecular formula is C19H23F2N3O5S. The number of benzene rings is 1. The summed E-state index contributed by atoms with van der Waals surface area (Å²) in [7, 11) is 0. The number of morpholine rings is 1. The molecule has 1 fully saturated rings. The first-order chi connectivity index (χ1) is 14.6. The van der Waals surface area contributed by atoms with Gasteiger partial charge in [-0.1, -0.05) is 0 Å². The van der Waals surface area contributed by atoms with Crippen LogP contribution in [0.3, 0.4) is 0 Å². The Balaban J connectivity index is 1.59. The number of aromatic nitrogens is 1. The molecule has 0 amide bonds. The Morgan fingerprint density at radius 1 is 1.27 bits per heavy atom. The standard InChI is InChI=1S/C19H23F2N3O5S/c20-14-2-1-13(15-12-30-19(23-15)24-4-7-28-8-5-24)18(17(14)21)29-10-9-27-6-3-22-11-16(25)26/h1-2,12,22H,3-11H2,(H,25,26). The topological polar surface area (TPSA) is 93.2 Å². The van der Waals surface area contributed by atoms with E-state index in [4.69, 9.17) is 19.3 Å². The van der Waals surface area contributed by atoms with Crippen molar-refractivity contribution < 1.29 is 32.9 Å². The zero-order valence-electron chi connectivity index (χ0n) is 16.2. The fourth-order valence-electron chi connectivity index (χ4n) is 2.81. The van der Waals surface area contributed by atoms with Gasteiger partial charge in [-0.25, -0.2) is 9.37 Å². The average Bonchev–Trinajstić information content (AvgIpc) is 3.23. The number of carboxylic acids is 1. The number of halogens is 2. The molecule has 11 heteroatoms. The molecule has 0 saturated carbocycles. The van der Waals surface area contributed by atoms with E-state index >= 15 is 0 Å². The first-order valence-corrected chi connectivity index (χ1v) is 10.3. The maximum absolute atomic E-state index is 14.4. The maximum Gasteiger partial charge on any atom is 0.317 e. The van der Waals surface area contributed by atoms with E-state index in [2.05, 4.69) is 15.2 Å². The molecule has 0 atom stereocenters. The number of aliphatic carboxylic acids is 1. The molecule has 1 aliphatic rings. The van der Waals surface area contributed by atoms with Gasteiger partial charge in [0, 0.05) is 30.6 Å². The fraction of sp³-hybridized carbons (Fsp3) is 0.474. The van der Waals surface area contributed by atoms with Crippen molar-refractivity contribution in [3.8, 4) is 17.0 Å². The smallest absolute Gasteiger partial charge is 0.317 e. The van der Waals surface area contributed by atoms with Gasteiger partial charge in [0.1, 0.15) is 6.61 Å². The minimum atomic E-state index is -1.07. The summed E-state index contributed by atoms with van der Waals surface area (Å²) in [6.07, 6.45) is 0. The molecule has 0 radical (unpaired) electrons. The summed E-state index contributed by atoms with van der Waals surface area (Å²) in [4.78, 5) is 17.0. The van der Waals surface area contributed by atoms with Crippen LogP contribution >= 0.6 is 11.3 Å². The summed E-state index contributed by atoms with van der Waals surface area (Å²) in [5.41, 5.74) is 0.877. The van der Waals surface area contributed by atoms with Crippen molar-refractivity contribution in [2.45, 2.75) is 0 Å². The molecule has 3 rings (SSSR count). The molecule has 0 aliphatic carbocycles. The van der Waals surface area contributed by atoms with Crippen molar-refractivity contribution in [2.75, 3.05) is 64.1 Å². The lowest BCUT2D eigenvalue weighted by Gasteiger charge is -2.26. The predicted molar refractivity (Wildman–Crippen MR) is 107 cm³/mol. The highest BCUT2D eigenvalue weighted by Gasteiger charge is 2.20. The Morgan fingerprint density at radius 3 is 2.83 bits per heavy atom. The third-order valence-electron chi connectivity index (χ3n) is 4.27. The van der Waals surface area contributed by atoms with Gasteiger partial charge in [-0.05, 0) is 12.1 Å². The lowest BCUT2D eigenvalue weighted by molar-refractivity contribution is -0.136. The minimum Gasteiger partial charge on any atom is -0.487 e. The maximum atomic E-state index is 14.4. The molecular weight excluding hydrogens is 420 g/mol. The molecule has 2 heterocycles. The lowest BCUT2D eigenvalue weighted by Crippen LogP contribution is -2.36. The number of anilines is 1. The molecule has 0 spiro atoms. The van der Waals surface area contributed by atoms with Crippen molar-refractivity contribution in [1.29, 1.82) is 0 Å². The molecule has 0 bridgehead atoms. The molecule has 30 heavy (non-hydrogen) atoms. The monoisotopic (exact) mass is 443 g/mol. The van der Waals surface area contributed by atoms with Crippen LogP contribution in [0.15, 0.2) is 17.5 Å². The molecule has 1 saturated heterocycles. The summed E-state index contributed by atoms with van der Waals surface area (Å²) in [6.45, 7) is 3.32. The highest BCUT2D eigenvalue weighted by atomic mass is 32.1. The van der Waals surface area contributed by atoms with E-state index in [9.17, 15) is 13.6 Å². The summed E-state index contributed by atoms with van der Waals surface area (Å²) < 4.78 is 44.3. The average molecular weight is 443 g/mol. The van der Waals surface area contributed by atoms with E-state index < -0.39 is 17.6 Å². The van der Waals surface area contributed by atoms with E-state index in [1.54, 1.807) is 5.38 Å². The quantitative estimate of drug-likeness (QED) is 0.510. The second-order valence-corrected chi connectivity index (χ2v) is 7.22. The van der Waals surface area contributed by atoms with Crippen LogP contribution in [0.4, 0.5) is 13.9 Å². The van der Waals surface area contributed by atoms with Gasteiger partial charge in [0.2, 0.25) is 5.82 Å². The Labute approximate surface area is 176 Å². The second kappa shape index (κ2) is 11.2. The van der Waals surface area contributed by atoms with E-state index in [0.29, 0.717) is 31.0 Å². The van der Waals surface area contributed by atoms with E-state index in [1.807, 2.05) is 0 Å². The number of rotatable bonds is 11. The first kappa shape index (κ1) is 22.3. The Morgan fingerprint density at radius 2 is 2.07 bits per heavy atom. The number of ether oxygens (including phenoxy) is 3. The molecule has 1 aliphatic heterocycles. The molecule has 2 N–H and O–H groups in total. The predicted octanol–water partition coefficient (Wildman–Crippen LogP) is 1.99. The molecule has 0 unspecified atom stereocenters. The molecule has 2 aromatic rings. The fourth-order valence-corrected chi connectivity index (χ4v) is 3.69. The molecule has 1 aromatic heterocycles. The van der Waals surface area contributed by atoms with E-state index in [1.165, 1.54) is 17.4 Å². The number of nitrogens with one attached hydrogen (secondary N) is 1. The number of carbonyl (C=O) groups is 1. The molecule has 8 nitrogen and oxygen atoms in total. The summed E-state index contributed by atoms with van der Waals surface area (Å²) in [5.74, 6) is -3.24. The van der Waals surface area contributed by atoms with Crippen molar-refractivity contribution in [1.82, 2.24) is 10.3 Å². The largest absolute Gasteiger partial charge is 0.487 e. The number of hydrogen-bond acceptors (Lipinski definition) is 8. The van der Waals surface area contributed by atoms with Gasteiger partial charge in [-0.3, -0.25) is 4.79 Å². The van der Waals surface area contributed by atoms with Crippen LogP contribution < -0.4 is 15.0 Å². The highest BCUT2D eigenvalue weighted by Crippen LogP contribution is 2.36. The van der Waals surface area contributed by atoms with Gasteiger partial charge in [0.15, 0.2) is 16.7 Å². The van der Waals surface area contributed by atoms with Crippen LogP contribution in [0.25, 0.3) is 11.3 Å². The van der Waals surface area contributed by atoms with Crippen LogP contribution in [-0.2, 0) is 14.3 Å². The SMILES string of the molecule is O=C(O)CNCCOCCOc1c(-c2csc(N3CCOCC3)n2)ccc(F)c1F. The lowest BCUT2D eigenvalue weighted by atomic mass is 10.1. The number of carboxylic acid groups (broad SMARTS) is 1. The number of nitrogens with zero attached hydrogens (tertiary/aromatic N) is 2. The van der Waals surface area contributed by atoms with Gasteiger partial charge in [0.05, 0.1) is 38.7 Å². The van der Waals surface area contributed by atoms with Crippen molar-refractivity contribution >= 4 is 22.4 Å². The summed E-state index contributed by atoms with van der Waals surface area (Å²) in [5, 5.41) is 13.8.